The minimum atomic E-state index is -3.73. The summed E-state index contributed by atoms with van der Waals surface area (Å²) in [5.74, 6) is 0.0699. The summed E-state index contributed by atoms with van der Waals surface area (Å²) in [4.78, 5) is 29.8. The molecule has 0 aliphatic heterocycles. The molecule has 188 valence electrons. The molecule has 0 saturated heterocycles. The van der Waals surface area contributed by atoms with Gasteiger partial charge in [0, 0.05) is 29.8 Å². The Kier molecular flexibility index (Phi) is 7.11. The molecule has 1 amide bonds. The van der Waals surface area contributed by atoms with E-state index in [1.54, 1.807) is 29.8 Å². The van der Waals surface area contributed by atoms with Crippen LogP contribution in [0.2, 0.25) is 0 Å². The number of ether oxygens (including phenoxy) is 1. The number of aromatic nitrogens is 2. The maximum absolute atomic E-state index is 13.2. The SMILES string of the molecule is CCOc1cc2cn(CC(=O)c3ccc(OS(C)(=O)=O)c(C(C)(C)C)c3)c(N)c2nc1C(=O)NC. The van der Waals surface area contributed by atoms with Gasteiger partial charge in [0.1, 0.15) is 17.1 Å². The molecule has 10 nitrogen and oxygen atoms in total. The van der Waals surface area contributed by atoms with Crippen LogP contribution in [-0.4, -0.2) is 49.6 Å². The summed E-state index contributed by atoms with van der Waals surface area (Å²) in [6, 6.07) is 6.31. The van der Waals surface area contributed by atoms with E-state index in [0.717, 1.165) is 6.26 Å². The normalized spacial score (nSPS) is 11.9. The first-order valence-corrected chi connectivity index (χ1v) is 12.8. The number of carbonyl (C=O) groups is 2. The van der Waals surface area contributed by atoms with Gasteiger partial charge in [-0.2, -0.15) is 8.42 Å². The average molecular weight is 503 g/mol. The Labute approximate surface area is 204 Å². The number of nitrogen functional groups attached to an aromatic ring is 1. The first-order chi connectivity index (χ1) is 16.2. The Morgan fingerprint density at radius 1 is 1.17 bits per heavy atom. The van der Waals surface area contributed by atoms with Crippen molar-refractivity contribution in [2.45, 2.75) is 39.7 Å². The van der Waals surface area contributed by atoms with Crippen molar-refractivity contribution in [3.63, 3.8) is 0 Å². The summed E-state index contributed by atoms with van der Waals surface area (Å²) >= 11 is 0. The molecule has 0 atom stereocenters. The second-order valence-corrected chi connectivity index (χ2v) is 10.7. The zero-order valence-corrected chi connectivity index (χ0v) is 21.4. The number of fused-ring (bicyclic) bond motifs is 1. The summed E-state index contributed by atoms with van der Waals surface area (Å²) in [7, 11) is -2.24. The van der Waals surface area contributed by atoms with E-state index in [9.17, 15) is 18.0 Å². The van der Waals surface area contributed by atoms with Crippen molar-refractivity contribution < 1.29 is 26.9 Å². The van der Waals surface area contributed by atoms with Crippen LogP contribution in [-0.2, 0) is 22.1 Å². The summed E-state index contributed by atoms with van der Waals surface area (Å²) in [5, 5.41) is 3.15. The molecule has 35 heavy (non-hydrogen) atoms. The van der Waals surface area contributed by atoms with Crippen LogP contribution >= 0.6 is 0 Å². The van der Waals surface area contributed by atoms with Crippen molar-refractivity contribution in [2.24, 2.45) is 0 Å². The maximum atomic E-state index is 13.2. The highest BCUT2D eigenvalue weighted by atomic mass is 32.2. The number of Topliss-reactive ketones (excluding diaryl/α,β-unsaturated/α-hetero) is 1. The molecule has 0 bridgehead atoms. The summed E-state index contributed by atoms with van der Waals surface area (Å²) < 4.78 is 35.6. The number of nitrogens with two attached hydrogens (primary N) is 1. The van der Waals surface area contributed by atoms with Gasteiger partial charge in [0.25, 0.3) is 5.91 Å². The predicted octanol–water partition coefficient (Wildman–Crippen LogP) is 2.90. The van der Waals surface area contributed by atoms with Gasteiger partial charge in [-0.3, -0.25) is 9.59 Å². The zero-order chi connectivity index (χ0) is 26.1. The van der Waals surface area contributed by atoms with E-state index < -0.39 is 21.4 Å². The molecule has 11 heteroatoms. The van der Waals surface area contributed by atoms with Crippen LogP contribution in [0.25, 0.3) is 10.9 Å². The van der Waals surface area contributed by atoms with Crippen molar-refractivity contribution in [2.75, 3.05) is 25.6 Å². The Morgan fingerprint density at radius 3 is 2.43 bits per heavy atom. The van der Waals surface area contributed by atoms with E-state index >= 15 is 0 Å². The van der Waals surface area contributed by atoms with E-state index in [4.69, 9.17) is 14.7 Å². The van der Waals surface area contributed by atoms with Crippen LogP contribution in [0.3, 0.4) is 0 Å². The zero-order valence-electron chi connectivity index (χ0n) is 20.6. The summed E-state index contributed by atoms with van der Waals surface area (Å²) in [6.45, 7) is 7.75. The quantitative estimate of drug-likeness (QED) is 0.354. The highest BCUT2D eigenvalue weighted by Gasteiger charge is 2.24. The Hall–Kier alpha value is -3.60. The van der Waals surface area contributed by atoms with Crippen LogP contribution in [0, 0.1) is 0 Å². The van der Waals surface area contributed by atoms with Gasteiger partial charge in [0.2, 0.25) is 0 Å². The number of pyridine rings is 1. The highest BCUT2D eigenvalue weighted by Crippen LogP contribution is 2.34. The summed E-state index contributed by atoms with van der Waals surface area (Å²) in [6.07, 6.45) is 2.65. The molecule has 3 rings (SSSR count). The highest BCUT2D eigenvalue weighted by molar-refractivity contribution is 7.86. The first kappa shape index (κ1) is 26.0. The van der Waals surface area contributed by atoms with Crippen LogP contribution in [0.1, 0.15) is 54.1 Å². The summed E-state index contributed by atoms with van der Waals surface area (Å²) in [5.41, 5.74) is 7.25. The van der Waals surface area contributed by atoms with Crippen molar-refractivity contribution >= 4 is 38.5 Å². The van der Waals surface area contributed by atoms with Crippen molar-refractivity contribution in [1.82, 2.24) is 14.9 Å². The van der Waals surface area contributed by atoms with Gasteiger partial charge in [-0.1, -0.05) is 20.8 Å². The van der Waals surface area contributed by atoms with E-state index in [1.807, 2.05) is 20.8 Å². The third-order valence-electron chi connectivity index (χ3n) is 5.27. The van der Waals surface area contributed by atoms with Crippen LogP contribution in [0.5, 0.6) is 11.5 Å². The lowest BCUT2D eigenvalue weighted by atomic mass is 9.85. The first-order valence-electron chi connectivity index (χ1n) is 11.0. The number of nitrogens with one attached hydrogen (secondary N) is 1. The van der Waals surface area contributed by atoms with Gasteiger partial charge in [0.15, 0.2) is 17.2 Å². The second kappa shape index (κ2) is 9.57. The van der Waals surface area contributed by atoms with E-state index in [2.05, 4.69) is 10.3 Å². The number of hydrogen-bond donors (Lipinski definition) is 2. The lowest BCUT2D eigenvalue weighted by molar-refractivity contribution is 0.0951. The molecule has 3 aromatic rings. The number of ketones is 1. The van der Waals surface area contributed by atoms with E-state index in [1.165, 1.54) is 19.2 Å². The smallest absolute Gasteiger partial charge is 0.306 e. The van der Waals surface area contributed by atoms with Crippen molar-refractivity contribution in [1.29, 1.82) is 0 Å². The number of anilines is 1. The van der Waals surface area contributed by atoms with Crippen LogP contribution in [0.15, 0.2) is 30.5 Å². The van der Waals surface area contributed by atoms with Crippen LogP contribution < -0.4 is 20.0 Å². The van der Waals surface area contributed by atoms with Gasteiger partial charge in [0.05, 0.1) is 19.4 Å². The largest absolute Gasteiger partial charge is 0.491 e. The van der Waals surface area contributed by atoms with Crippen LogP contribution in [0.4, 0.5) is 5.82 Å². The lowest BCUT2D eigenvalue weighted by Gasteiger charge is -2.23. The molecule has 2 aromatic heterocycles. The topological polar surface area (TPSA) is 143 Å². The molecule has 0 unspecified atom stereocenters. The molecule has 0 aliphatic carbocycles. The molecule has 0 radical (unpaired) electrons. The fraction of sp³-hybridized carbons (Fsp3) is 0.375. The lowest BCUT2D eigenvalue weighted by Crippen LogP contribution is -2.20. The number of hydrogen-bond acceptors (Lipinski definition) is 8. The van der Waals surface area contributed by atoms with Gasteiger partial charge >= 0.3 is 10.1 Å². The molecule has 0 spiro atoms. The van der Waals surface area contributed by atoms with E-state index in [-0.39, 0.29) is 29.6 Å². The molecule has 0 aliphatic rings. The fourth-order valence-corrected chi connectivity index (χ4v) is 4.11. The maximum Gasteiger partial charge on any atom is 0.306 e. The molecule has 1 aromatic carbocycles. The molecule has 2 heterocycles. The predicted molar refractivity (Wildman–Crippen MR) is 134 cm³/mol. The molecular weight excluding hydrogens is 472 g/mol. The molecular formula is C24H30N4O6S. The monoisotopic (exact) mass is 502 g/mol. The number of carbonyl (C=O) groups excluding carboxylic acids is 2. The molecule has 3 N–H and O–H groups in total. The minimum absolute atomic E-state index is 0.0860. The number of benzene rings is 1. The molecule has 0 saturated carbocycles. The second-order valence-electron chi connectivity index (χ2n) is 9.10. The standard InChI is InChI=1S/C24H30N4O6S/c1-7-33-19-11-15-12-28(22(25)20(15)27-21(19)23(30)26-5)13-17(29)14-8-9-18(34-35(6,31)32)16(10-14)24(2,3)4/h8-12H,7,13,25H2,1-6H3,(H,26,30). The number of nitrogens with zero attached hydrogens (tertiary/aromatic N) is 2. The van der Waals surface area contributed by atoms with Crippen molar-refractivity contribution in [3.05, 3.63) is 47.3 Å². The number of amides is 1. The Bertz CT molecular complexity index is 1400. The fourth-order valence-electron chi connectivity index (χ4n) is 3.64. The molecule has 0 fully saturated rings. The third-order valence-corrected chi connectivity index (χ3v) is 5.75. The van der Waals surface area contributed by atoms with Gasteiger partial charge in [-0.05, 0) is 36.6 Å². The number of rotatable bonds is 8. The van der Waals surface area contributed by atoms with Gasteiger partial charge < -0.3 is 24.5 Å². The van der Waals surface area contributed by atoms with Gasteiger partial charge in [-0.25, -0.2) is 4.98 Å². The van der Waals surface area contributed by atoms with E-state index in [0.29, 0.717) is 34.4 Å². The van der Waals surface area contributed by atoms with Crippen molar-refractivity contribution in [3.8, 4) is 11.5 Å². The third kappa shape index (κ3) is 5.73. The minimum Gasteiger partial charge on any atom is -0.491 e. The Morgan fingerprint density at radius 2 is 1.86 bits per heavy atom. The Balaban J connectivity index is 2.00. The van der Waals surface area contributed by atoms with Gasteiger partial charge in [-0.15, -0.1) is 0 Å². The average Bonchev–Trinajstić information content (AvgIpc) is 3.05.